The van der Waals surface area contributed by atoms with E-state index in [0.717, 1.165) is 37.7 Å². The molecule has 1 aliphatic rings. The highest BCUT2D eigenvalue weighted by molar-refractivity contribution is 7.89. The maximum atomic E-state index is 12.5. The molecule has 0 aromatic heterocycles. The Hall–Kier alpha value is -2.09. The Bertz CT molecular complexity index is 926. The van der Waals surface area contributed by atoms with Crippen LogP contribution in [0.5, 0.6) is 5.75 Å². The van der Waals surface area contributed by atoms with E-state index in [-0.39, 0.29) is 23.5 Å². The van der Waals surface area contributed by atoms with Gasteiger partial charge in [-0.25, -0.2) is 13.1 Å². The van der Waals surface area contributed by atoms with E-state index in [9.17, 15) is 13.2 Å². The zero-order chi connectivity index (χ0) is 20.7. The topological polar surface area (TPSA) is 84.5 Å². The van der Waals surface area contributed by atoms with Gasteiger partial charge >= 0.3 is 0 Å². The molecule has 0 radical (unpaired) electrons. The monoisotopic (exact) mass is 436 g/mol. The first kappa shape index (κ1) is 21.6. The van der Waals surface area contributed by atoms with E-state index in [1.165, 1.54) is 12.1 Å². The maximum absolute atomic E-state index is 12.5. The van der Waals surface area contributed by atoms with Crippen LogP contribution in [0.3, 0.4) is 0 Å². The second-order valence-electron chi connectivity index (χ2n) is 7.08. The summed E-state index contributed by atoms with van der Waals surface area (Å²) in [7, 11) is -3.55. The van der Waals surface area contributed by atoms with Gasteiger partial charge in [-0.1, -0.05) is 49.1 Å². The van der Waals surface area contributed by atoms with Crippen molar-refractivity contribution in [3.8, 4) is 5.75 Å². The summed E-state index contributed by atoms with van der Waals surface area (Å²) in [5.74, 6) is 0.134. The van der Waals surface area contributed by atoms with E-state index in [1.807, 2.05) is 18.2 Å². The Morgan fingerprint density at radius 1 is 1.03 bits per heavy atom. The second kappa shape index (κ2) is 10.1. The minimum atomic E-state index is -3.55. The van der Waals surface area contributed by atoms with Crippen molar-refractivity contribution in [2.24, 2.45) is 0 Å². The molecule has 2 aromatic carbocycles. The number of halogens is 1. The molecule has 0 bridgehead atoms. The first-order valence-electron chi connectivity index (χ1n) is 9.69. The van der Waals surface area contributed by atoms with Gasteiger partial charge in [-0.05, 0) is 48.7 Å². The first-order valence-corrected chi connectivity index (χ1v) is 11.6. The number of hydrogen-bond acceptors (Lipinski definition) is 4. The number of ether oxygens (including phenoxy) is 1. The summed E-state index contributed by atoms with van der Waals surface area (Å²) >= 11 is 6.06. The lowest BCUT2D eigenvalue weighted by molar-refractivity contribution is -0.123. The van der Waals surface area contributed by atoms with E-state index in [0.29, 0.717) is 17.3 Å². The largest absolute Gasteiger partial charge is 0.484 e. The lowest BCUT2D eigenvalue weighted by Gasteiger charge is -2.22. The third-order valence-corrected chi connectivity index (χ3v) is 6.77. The molecule has 0 atom stereocenters. The lowest BCUT2D eigenvalue weighted by Crippen LogP contribution is -2.36. The Labute approximate surface area is 176 Å². The lowest BCUT2D eigenvalue weighted by atomic mass is 9.96. The number of rotatable bonds is 8. The molecule has 1 aliphatic carbocycles. The molecule has 0 saturated heterocycles. The fraction of sp³-hybridized carbons (Fsp3) is 0.381. The zero-order valence-electron chi connectivity index (χ0n) is 16.1. The van der Waals surface area contributed by atoms with E-state index < -0.39 is 10.0 Å². The number of benzene rings is 2. The molecule has 2 aromatic rings. The highest BCUT2D eigenvalue weighted by Crippen LogP contribution is 2.21. The Balaban J connectivity index is 1.48. The zero-order valence-corrected chi connectivity index (χ0v) is 17.6. The van der Waals surface area contributed by atoms with Gasteiger partial charge in [0.15, 0.2) is 6.61 Å². The summed E-state index contributed by atoms with van der Waals surface area (Å²) in [5, 5.41) is 3.33. The van der Waals surface area contributed by atoms with Crippen LogP contribution in [0.2, 0.25) is 5.02 Å². The van der Waals surface area contributed by atoms with Crippen molar-refractivity contribution < 1.29 is 17.9 Å². The van der Waals surface area contributed by atoms with Crippen molar-refractivity contribution in [1.29, 1.82) is 0 Å². The van der Waals surface area contributed by atoms with Gasteiger partial charge in [-0.2, -0.15) is 0 Å². The van der Waals surface area contributed by atoms with Gasteiger partial charge < -0.3 is 10.1 Å². The standard InChI is InChI=1S/C21H25ClN2O4S/c22-20-9-5-4-6-16(20)14-23-21(25)15-28-18-10-12-19(13-11-18)29(26,27)24-17-7-2-1-3-8-17/h4-6,9-13,17,24H,1-3,7-8,14-15H2,(H,23,25). The number of nitrogens with one attached hydrogen (secondary N) is 2. The normalized spacial score (nSPS) is 15.1. The van der Waals surface area contributed by atoms with Crippen molar-refractivity contribution in [3.05, 3.63) is 59.1 Å². The van der Waals surface area contributed by atoms with Gasteiger partial charge in [-0.15, -0.1) is 0 Å². The quantitative estimate of drug-likeness (QED) is 0.661. The molecule has 0 unspecified atom stereocenters. The molecule has 1 saturated carbocycles. The number of carbonyl (C=O) groups excluding carboxylic acids is 1. The van der Waals surface area contributed by atoms with Crippen molar-refractivity contribution in [2.75, 3.05) is 6.61 Å². The van der Waals surface area contributed by atoms with Crippen LogP contribution in [0, 0.1) is 0 Å². The summed E-state index contributed by atoms with van der Waals surface area (Å²) in [6.45, 7) is 0.142. The van der Waals surface area contributed by atoms with Crippen molar-refractivity contribution in [1.82, 2.24) is 10.0 Å². The summed E-state index contributed by atoms with van der Waals surface area (Å²) in [4.78, 5) is 12.2. The van der Waals surface area contributed by atoms with Crippen LogP contribution in [0.25, 0.3) is 0 Å². The summed E-state index contributed by atoms with van der Waals surface area (Å²) in [5.41, 5.74) is 0.822. The summed E-state index contributed by atoms with van der Waals surface area (Å²) in [6, 6.07) is 13.4. The van der Waals surface area contributed by atoms with Gasteiger partial charge in [-0.3, -0.25) is 4.79 Å². The van der Waals surface area contributed by atoms with Crippen LogP contribution in [-0.4, -0.2) is 27.0 Å². The molecule has 2 N–H and O–H groups in total. The van der Waals surface area contributed by atoms with Crippen LogP contribution in [0.1, 0.15) is 37.7 Å². The SMILES string of the molecule is O=C(COc1ccc(S(=O)(=O)NC2CCCCC2)cc1)NCc1ccccc1Cl. The molecule has 0 aliphatic heterocycles. The molecule has 1 fully saturated rings. The highest BCUT2D eigenvalue weighted by atomic mass is 35.5. The molecule has 6 nitrogen and oxygen atoms in total. The molecule has 0 spiro atoms. The van der Waals surface area contributed by atoms with Crippen LogP contribution in [0.15, 0.2) is 53.4 Å². The number of sulfonamides is 1. The van der Waals surface area contributed by atoms with Crippen molar-refractivity contribution >= 4 is 27.5 Å². The highest BCUT2D eigenvalue weighted by Gasteiger charge is 2.21. The minimum Gasteiger partial charge on any atom is -0.484 e. The smallest absolute Gasteiger partial charge is 0.258 e. The molecule has 156 valence electrons. The molecule has 1 amide bonds. The third kappa shape index (κ3) is 6.45. The van der Waals surface area contributed by atoms with E-state index in [1.54, 1.807) is 18.2 Å². The van der Waals surface area contributed by atoms with Gasteiger partial charge in [0.2, 0.25) is 10.0 Å². The fourth-order valence-corrected chi connectivity index (χ4v) is 4.77. The molecule has 0 heterocycles. The average Bonchev–Trinajstić information content (AvgIpc) is 2.72. The van der Waals surface area contributed by atoms with Crippen LogP contribution in [-0.2, 0) is 21.4 Å². The van der Waals surface area contributed by atoms with Gasteiger partial charge in [0.05, 0.1) is 4.90 Å². The predicted molar refractivity (Wildman–Crippen MR) is 112 cm³/mol. The first-order chi connectivity index (χ1) is 13.9. The predicted octanol–water partition coefficient (Wildman–Crippen LogP) is 3.65. The van der Waals surface area contributed by atoms with Crippen molar-refractivity contribution in [2.45, 2.75) is 49.6 Å². The Morgan fingerprint density at radius 2 is 1.72 bits per heavy atom. The second-order valence-corrected chi connectivity index (χ2v) is 9.21. The number of amides is 1. The van der Waals surface area contributed by atoms with Gasteiger partial charge in [0.1, 0.15) is 5.75 Å². The number of carbonyl (C=O) groups is 1. The Morgan fingerprint density at radius 3 is 2.41 bits per heavy atom. The van der Waals surface area contributed by atoms with E-state index >= 15 is 0 Å². The van der Waals surface area contributed by atoms with Crippen LogP contribution < -0.4 is 14.8 Å². The molecule has 3 rings (SSSR count). The summed E-state index contributed by atoms with van der Waals surface area (Å²) < 4.78 is 33.2. The van der Waals surface area contributed by atoms with Crippen LogP contribution >= 0.6 is 11.6 Å². The summed E-state index contributed by atoms with van der Waals surface area (Å²) in [6.07, 6.45) is 5.03. The van der Waals surface area contributed by atoms with Gasteiger partial charge in [0.25, 0.3) is 5.91 Å². The third-order valence-electron chi connectivity index (χ3n) is 4.86. The molecule has 8 heteroatoms. The average molecular weight is 437 g/mol. The Kier molecular flexibility index (Phi) is 7.52. The minimum absolute atomic E-state index is 0.00601. The maximum Gasteiger partial charge on any atom is 0.258 e. The molecule has 29 heavy (non-hydrogen) atoms. The molecular formula is C21H25ClN2O4S. The van der Waals surface area contributed by atoms with Crippen LogP contribution in [0.4, 0.5) is 0 Å². The van der Waals surface area contributed by atoms with E-state index in [2.05, 4.69) is 10.0 Å². The van der Waals surface area contributed by atoms with Gasteiger partial charge in [0, 0.05) is 17.6 Å². The molecular weight excluding hydrogens is 412 g/mol. The number of hydrogen-bond donors (Lipinski definition) is 2. The fourth-order valence-electron chi connectivity index (χ4n) is 3.26. The van der Waals surface area contributed by atoms with Crippen molar-refractivity contribution in [3.63, 3.8) is 0 Å². The van der Waals surface area contributed by atoms with E-state index in [4.69, 9.17) is 16.3 Å².